The van der Waals surface area contributed by atoms with Crippen LogP contribution >= 0.6 is 0 Å². The van der Waals surface area contributed by atoms with Crippen molar-refractivity contribution in [3.8, 4) is 10.7 Å². The van der Waals surface area contributed by atoms with E-state index in [2.05, 4.69) is 128 Å². The van der Waals surface area contributed by atoms with Crippen molar-refractivity contribution in [2.24, 2.45) is 5.41 Å². The third-order valence-corrected chi connectivity index (χ3v) is 16.8. The molecular formula is C32H40Ge. The second-order valence-corrected chi connectivity index (χ2v) is 18.6. The van der Waals surface area contributed by atoms with Crippen LogP contribution in [-0.4, -0.2) is 13.3 Å². The Balaban J connectivity index is 2.44. The first-order chi connectivity index (χ1) is 15.4. The van der Waals surface area contributed by atoms with Crippen LogP contribution in [0.15, 0.2) is 54.6 Å². The Bertz CT molecular complexity index is 1090. The monoisotopic (exact) mass is 498 g/mol. The SMILES string of the molecule is Cc1cc(C)[c]([Ge]([C]#Cc2ccccc2)([CH2]CC(C)(C)C)[c]2c(C)cc(C)cc2C)c(C)c1. The van der Waals surface area contributed by atoms with Crippen LogP contribution in [-0.2, 0) is 0 Å². The molecule has 3 rings (SSSR count). The van der Waals surface area contributed by atoms with Gasteiger partial charge in [-0.2, -0.15) is 0 Å². The van der Waals surface area contributed by atoms with Crippen molar-refractivity contribution in [1.29, 1.82) is 0 Å². The van der Waals surface area contributed by atoms with Crippen LogP contribution < -0.4 is 8.79 Å². The van der Waals surface area contributed by atoms with Crippen molar-refractivity contribution in [3.63, 3.8) is 0 Å². The van der Waals surface area contributed by atoms with Crippen molar-refractivity contribution in [2.75, 3.05) is 0 Å². The quantitative estimate of drug-likeness (QED) is 0.266. The van der Waals surface area contributed by atoms with E-state index in [-0.39, 0.29) is 5.41 Å². The van der Waals surface area contributed by atoms with Gasteiger partial charge in [0, 0.05) is 0 Å². The van der Waals surface area contributed by atoms with E-state index in [1.165, 1.54) is 45.1 Å². The van der Waals surface area contributed by atoms with Crippen LogP contribution in [0.4, 0.5) is 0 Å². The van der Waals surface area contributed by atoms with Crippen molar-refractivity contribution in [2.45, 2.75) is 74.0 Å². The van der Waals surface area contributed by atoms with E-state index in [4.69, 9.17) is 0 Å². The molecule has 0 unspecified atom stereocenters. The van der Waals surface area contributed by atoms with Gasteiger partial charge in [0.2, 0.25) is 0 Å². The molecule has 0 amide bonds. The summed E-state index contributed by atoms with van der Waals surface area (Å²) in [4.78, 5) is 0. The summed E-state index contributed by atoms with van der Waals surface area (Å²) in [5, 5.41) is 1.18. The molecule has 1 heteroatoms. The van der Waals surface area contributed by atoms with Gasteiger partial charge in [0.05, 0.1) is 0 Å². The zero-order chi connectivity index (χ0) is 24.4. The van der Waals surface area contributed by atoms with Crippen molar-refractivity contribution in [1.82, 2.24) is 0 Å². The number of hydrogen-bond acceptors (Lipinski definition) is 0. The molecule has 0 aliphatic carbocycles. The molecule has 0 heterocycles. The van der Waals surface area contributed by atoms with Crippen molar-refractivity contribution >= 4 is 22.1 Å². The molecule has 0 fully saturated rings. The number of aryl methyl sites for hydroxylation is 6. The molecule has 0 saturated carbocycles. The van der Waals surface area contributed by atoms with Gasteiger partial charge in [-0.25, -0.2) is 0 Å². The van der Waals surface area contributed by atoms with Gasteiger partial charge in [0.15, 0.2) is 0 Å². The Morgan fingerprint density at radius 1 is 0.667 bits per heavy atom. The molecular weight excluding hydrogens is 457 g/mol. The first kappa shape index (κ1) is 25.4. The summed E-state index contributed by atoms with van der Waals surface area (Å²) in [5.74, 6) is 3.69. The van der Waals surface area contributed by atoms with Crippen molar-refractivity contribution in [3.05, 3.63) is 93.5 Å². The van der Waals surface area contributed by atoms with Crippen LogP contribution in [0.2, 0.25) is 5.25 Å². The topological polar surface area (TPSA) is 0 Å². The molecule has 33 heavy (non-hydrogen) atoms. The molecule has 0 N–H and O–H groups in total. The second kappa shape index (κ2) is 9.94. The normalized spacial score (nSPS) is 11.8. The number of benzene rings is 3. The standard InChI is InChI=1S/C32H40Ge/c1-23-19-25(3)30(26(4)20-23)33(18-16-32(7,8)9,17-15-29-13-11-10-12-14-29)31-27(5)21-24(2)22-28(31)6/h10-14,19-22H,16,18H2,1-9H3. The predicted octanol–water partition coefficient (Wildman–Crippen LogP) is 7.13. The van der Waals surface area contributed by atoms with E-state index >= 15 is 0 Å². The Morgan fingerprint density at radius 3 is 1.48 bits per heavy atom. The van der Waals surface area contributed by atoms with Crippen LogP contribution in [0.3, 0.4) is 0 Å². The fraction of sp³-hybridized carbons (Fsp3) is 0.375. The van der Waals surface area contributed by atoms with Crippen LogP contribution in [0.1, 0.15) is 66.1 Å². The van der Waals surface area contributed by atoms with Gasteiger partial charge in [-0.15, -0.1) is 0 Å². The van der Waals surface area contributed by atoms with Crippen LogP contribution in [0, 0.1) is 57.6 Å². The zero-order valence-electron chi connectivity index (χ0n) is 22.1. The molecule has 172 valence electrons. The van der Waals surface area contributed by atoms with E-state index in [1.54, 1.807) is 8.79 Å². The average molecular weight is 497 g/mol. The molecule has 0 radical (unpaired) electrons. The summed E-state index contributed by atoms with van der Waals surface area (Å²) in [6, 6.07) is 20.1. The van der Waals surface area contributed by atoms with Gasteiger partial charge in [0.25, 0.3) is 0 Å². The Kier molecular flexibility index (Phi) is 7.65. The fourth-order valence-electron chi connectivity index (χ4n) is 5.53. The minimum atomic E-state index is -3.15. The molecule has 0 aliphatic rings. The van der Waals surface area contributed by atoms with Gasteiger partial charge in [-0.05, 0) is 0 Å². The summed E-state index contributed by atoms with van der Waals surface area (Å²) in [6.07, 6.45) is 1.18. The van der Waals surface area contributed by atoms with Crippen molar-refractivity contribution < 1.29 is 0 Å². The second-order valence-electron chi connectivity index (χ2n) is 11.1. The van der Waals surface area contributed by atoms with Gasteiger partial charge >= 0.3 is 206 Å². The van der Waals surface area contributed by atoms with Gasteiger partial charge in [-0.1, -0.05) is 0 Å². The predicted molar refractivity (Wildman–Crippen MR) is 149 cm³/mol. The number of rotatable bonds is 4. The van der Waals surface area contributed by atoms with E-state index < -0.39 is 13.3 Å². The van der Waals surface area contributed by atoms with E-state index in [1.807, 2.05) is 0 Å². The Hall–Kier alpha value is -2.24. The minimum absolute atomic E-state index is 0.268. The first-order valence-electron chi connectivity index (χ1n) is 12.2. The summed E-state index contributed by atoms with van der Waals surface area (Å²) in [7, 11) is 0. The Morgan fingerprint density at radius 2 is 1.09 bits per heavy atom. The average Bonchev–Trinajstić information content (AvgIpc) is 2.69. The van der Waals surface area contributed by atoms with Crippen LogP contribution in [0.25, 0.3) is 0 Å². The maximum atomic E-state index is 4.09. The van der Waals surface area contributed by atoms with E-state index in [0.717, 1.165) is 5.56 Å². The molecule has 0 saturated heterocycles. The number of hydrogen-bond donors (Lipinski definition) is 0. The fourth-order valence-corrected chi connectivity index (χ4v) is 17.3. The molecule has 0 nitrogen and oxygen atoms in total. The van der Waals surface area contributed by atoms with Gasteiger partial charge in [0.1, 0.15) is 0 Å². The first-order valence-corrected chi connectivity index (χ1v) is 16.8. The molecule has 0 aliphatic heterocycles. The molecule has 0 spiro atoms. The summed E-state index contributed by atoms with van der Waals surface area (Å²) >= 11 is -3.15. The molecule has 0 bridgehead atoms. The summed E-state index contributed by atoms with van der Waals surface area (Å²) < 4.78 is 7.24. The van der Waals surface area contributed by atoms with E-state index in [9.17, 15) is 0 Å². The summed E-state index contributed by atoms with van der Waals surface area (Å²) in [6.45, 7) is 20.8. The zero-order valence-corrected chi connectivity index (χ0v) is 24.2. The third kappa shape index (κ3) is 5.82. The van der Waals surface area contributed by atoms with Crippen LogP contribution in [0.5, 0.6) is 0 Å². The molecule has 3 aromatic carbocycles. The van der Waals surface area contributed by atoms with Gasteiger partial charge in [-0.3, -0.25) is 0 Å². The van der Waals surface area contributed by atoms with Gasteiger partial charge < -0.3 is 0 Å². The Labute approximate surface area is 205 Å². The summed E-state index contributed by atoms with van der Waals surface area (Å²) in [5.41, 5.74) is 9.75. The maximum absolute atomic E-state index is 4.09. The molecule has 0 aromatic heterocycles. The van der Waals surface area contributed by atoms with E-state index in [0.29, 0.717) is 0 Å². The molecule has 3 aromatic rings. The molecule has 0 atom stereocenters. The third-order valence-electron chi connectivity index (χ3n) is 6.65.